The van der Waals surface area contributed by atoms with Crippen LogP contribution in [0, 0.1) is 5.41 Å². The number of H-pyrrole nitrogens is 1. The number of nitrogens with one attached hydrogen (secondary N) is 3. The van der Waals surface area contributed by atoms with Crippen LogP contribution in [0.15, 0.2) is 76.0 Å². The molecule has 0 radical (unpaired) electrons. The largest absolute Gasteiger partial charge is 0.392 e. The van der Waals surface area contributed by atoms with Gasteiger partial charge in [0.2, 0.25) is 5.91 Å². The SMILES string of the molecule is C=N/C(=C(/C)C=NC(=N)/C=C(/C)NC)c1c[nH]c2c(N(C)Cc3c(C=O)cccc3C3=CCN(C(C)=O)CC3)cccc12.CN. The van der Waals surface area contributed by atoms with Crippen LogP contribution in [0.2, 0.25) is 0 Å². The number of fused-ring (bicyclic) bond motifs is 1. The predicted octanol–water partition coefficient (Wildman–Crippen LogP) is 5.43. The Morgan fingerprint density at radius 3 is 2.56 bits per heavy atom. The number of allylic oxidation sites excluding steroid dienone is 2. The van der Waals surface area contributed by atoms with Gasteiger partial charge in [-0.3, -0.25) is 20.0 Å². The first-order chi connectivity index (χ1) is 21.7. The number of anilines is 1. The zero-order valence-electron chi connectivity index (χ0n) is 27.1. The third kappa shape index (κ3) is 8.10. The molecule has 0 fully saturated rings. The van der Waals surface area contributed by atoms with Gasteiger partial charge in [-0.1, -0.05) is 36.4 Å². The highest BCUT2D eigenvalue weighted by molar-refractivity contribution is 6.05. The summed E-state index contributed by atoms with van der Waals surface area (Å²) in [7, 11) is 5.31. The van der Waals surface area contributed by atoms with Crippen LogP contribution in [-0.4, -0.2) is 75.1 Å². The van der Waals surface area contributed by atoms with Crippen LogP contribution in [0.25, 0.3) is 22.2 Å². The fraction of sp³-hybridized carbons (Fsp3) is 0.286. The molecular formula is C35H44N8O2. The third-order valence-electron chi connectivity index (χ3n) is 7.77. The Kier molecular flexibility index (Phi) is 12.3. The normalized spacial score (nSPS) is 13.9. The molecule has 1 aliphatic rings. The molecule has 0 saturated heterocycles. The third-order valence-corrected chi connectivity index (χ3v) is 7.77. The lowest BCUT2D eigenvalue weighted by atomic mass is 9.91. The van der Waals surface area contributed by atoms with E-state index < -0.39 is 0 Å². The number of nitrogens with zero attached hydrogens (tertiary/aromatic N) is 4. The Morgan fingerprint density at radius 2 is 1.93 bits per heavy atom. The lowest BCUT2D eigenvalue weighted by Gasteiger charge is -2.28. The molecular weight excluding hydrogens is 564 g/mol. The molecule has 45 heavy (non-hydrogen) atoms. The van der Waals surface area contributed by atoms with Crippen molar-refractivity contribution in [2.75, 3.05) is 39.1 Å². The fourth-order valence-corrected chi connectivity index (χ4v) is 5.33. The quantitative estimate of drug-likeness (QED) is 0.138. The average Bonchev–Trinajstić information content (AvgIpc) is 3.49. The van der Waals surface area contributed by atoms with Gasteiger partial charge in [-0.2, -0.15) is 0 Å². The second-order valence-electron chi connectivity index (χ2n) is 10.6. The molecule has 1 aromatic heterocycles. The van der Waals surface area contributed by atoms with E-state index in [1.165, 1.54) is 7.05 Å². The number of benzene rings is 2. The molecule has 2 heterocycles. The number of amidine groups is 1. The number of para-hydroxylation sites is 1. The maximum atomic E-state index is 12.1. The number of carbonyl (C=O) groups excluding carboxylic acids is 2. The fourth-order valence-electron chi connectivity index (χ4n) is 5.33. The van der Waals surface area contributed by atoms with Gasteiger partial charge in [0.25, 0.3) is 0 Å². The van der Waals surface area contributed by atoms with E-state index in [0.717, 1.165) is 62.8 Å². The highest BCUT2D eigenvalue weighted by atomic mass is 16.2. The minimum Gasteiger partial charge on any atom is -0.392 e. The van der Waals surface area contributed by atoms with Crippen LogP contribution in [0.3, 0.4) is 0 Å². The van der Waals surface area contributed by atoms with Crippen molar-refractivity contribution in [2.24, 2.45) is 15.7 Å². The highest BCUT2D eigenvalue weighted by Crippen LogP contribution is 2.35. The summed E-state index contributed by atoms with van der Waals surface area (Å²) in [6, 6.07) is 11.9. The summed E-state index contributed by atoms with van der Waals surface area (Å²) < 4.78 is 0. The number of rotatable bonds is 10. The van der Waals surface area contributed by atoms with Gasteiger partial charge in [0.15, 0.2) is 0 Å². The van der Waals surface area contributed by atoms with Crippen LogP contribution in [-0.2, 0) is 11.3 Å². The molecule has 3 aromatic rings. The summed E-state index contributed by atoms with van der Waals surface area (Å²) in [5.74, 6) is 0.200. The summed E-state index contributed by atoms with van der Waals surface area (Å²) in [4.78, 5) is 39.9. The number of hydrogen-bond donors (Lipinski definition) is 4. The van der Waals surface area contributed by atoms with E-state index >= 15 is 0 Å². The standard InChI is InChI=1S/C34H39N7O2.CH5N/c1-22(18-38-32(35)17-23(2)36-4)33(37-5)29-19-39-34-28(29)11-8-12-31(34)40(6)20-30-26(21-42)9-7-10-27(30)25-13-15-41(16-14-25)24(3)43;1-2/h7-13,17-19,21,35-36,39H,5,14-16,20H2,1-4,6H3;2H2,1H3/b23-17-,33-22-,35-32?,38-18?;. The first-order valence-corrected chi connectivity index (χ1v) is 14.8. The molecule has 2 aromatic carbocycles. The van der Waals surface area contributed by atoms with Gasteiger partial charge >= 0.3 is 0 Å². The molecule has 0 spiro atoms. The van der Waals surface area contributed by atoms with E-state index in [2.05, 4.69) is 49.8 Å². The Bertz CT molecular complexity index is 1690. The molecule has 5 N–H and O–H groups in total. The van der Waals surface area contributed by atoms with Crippen LogP contribution in [0.5, 0.6) is 0 Å². The Hall–Kier alpha value is -5.09. The number of amides is 1. The van der Waals surface area contributed by atoms with Crippen LogP contribution < -0.4 is 16.0 Å². The first-order valence-electron chi connectivity index (χ1n) is 14.8. The van der Waals surface area contributed by atoms with Crippen molar-refractivity contribution < 1.29 is 9.59 Å². The van der Waals surface area contributed by atoms with Crippen LogP contribution in [0.1, 0.15) is 54.2 Å². The molecule has 1 aliphatic heterocycles. The Balaban J connectivity index is 0.00000271. The number of hydrogen-bond acceptors (Lipinski definition) is 7. The second-order valence-corrected chi connectivity index (χ2v) is 10.6. The van der Waals surface area contributed by atoms with E-state index in [1.54, 1.807) is 26.3 Å². The smallest absolute Gasteiger partial charge is 0.219 e. The molecule has 0 atom stereocenters. The second kappa shape index (κ2) is 16.1. The first kappa shape index (κ1) is 34.4. The van der Waals surface area contributed by atoms with Crippen molar-refractivity contribution in [3.63, 3.8) is 0 Å². The average molecular weight is 609 g/mol. The molecule has 236 valence electrons. The summed E-state index contributed by atoms with van der Waals surface area (Å²) in [5.41, 5.74) is 13.4. The maximum Gasteiger partial charge on any atom is 0.219 e. The van der Waals surface area contributed by atoms with Crippen molar-refractivity contribution in [3.8, 4) is 0 Å². The predicted molar refractivity (Wildman–Crippen MR) is 188 cm³/mol. The molecule has 10 heteroatoms. The van der Waals surface area contributed by atoms with Crippen LogP contribution >= 0.6 is 0 Å². The summed E-state index contributed by atoms with van der Waals surface area (Å²) in [5, 5.41) is 12.0. The number of aldehydes is 1. The molecule has 0 aliphatic carbocycles. The molecule has 1 amide bonds. The van der Waals surface area contributed by atoms with Crippen molar-refractivity contribution in [1.29, 1.82) is 5.41 Å². The molecule has 0 bridgehead atoms. The minimum atomic E-state index is 0.0682. The van der Waals surface area contributed by atoms with E-state index in [-0.39, 0.29) is 11.7 Å². The highest BCUT2D eigenvalue weighted by Gasteiger charge is 2.20. The number of nitrogens with two attached hydrogens (primary N) is 1. The minimum absolute atomic E-state index is 0.0682. The van der Waals surface area contributed by atoms with Gasteiger partial charge in [0.1, 0.15) is 12.1 Å². The van der Waals surface area contributed by atoms with E-state index in [4.69, 9.17) is 5.41 Å². The van der Waals surface area contributed by atoms with Crippen molar-refractivity contribution in [1.82, 2.24) is 15.2 Å². The van der Waals surface area contributed by atoms with Gasteiger partial charge in [0.05, 0.1) is 16.9 Å². The molecule has 0 unspecified atom stereocenters. The van der Waals surface area contributed by atoms with Crippen LogP contribution in [0.4, 0.5) is 5.69 Å². The van der Waals surface area contributed by atoms with Gasteiger partial charge in [-0.25, -0.2) is 4.99 Å². The number of aliphatic imine (C=N–C) groups is 2. The molecule has 0 saturated carbocycles. The van der Waals surface area contributed by atoms with Crippen molar-refractivity contribution in [3.05, 3.63) is 88.3 Å². The van der Waals surface area contributed by atoms with Gasteiger partial charge in [-0.05, 0) is 62.4 Å². The van der Waals surface area contributed by atoms with E-state index in [0.29, 0.717) is 30.9 Å². The Labute approximate surface area is 265 Å². The molecule has 10 nitrogen and oxygen atoms in total. The number of carbonyl (C=O) groups is 2. The summed E-state index contributed by atoms with van der Waals surface area (Å²) in [6.07, 6.45) is 8.95. The monoisotopic (exact) mass is 608 g/mol. The number of aromatic nitrogens is 1. The van der Waals surface area contributed by atoms with E-state index in [9.17, 15) is 9.59 Å². The van der Waals surface area contributed by atoms with Gasteiger partial charge < -0.3 is 25.8 Å². The zero-order valence-corrected chi connectivity index (χ0v) is 27.1. The lowest BCUT2D eigenvalue weighted by Crippen LogP contribution is -2.32. The summed E-state index contributed by atoms with van der Waals surface area (Å²) >= 11 is 0. The van der Waals surface area contributed by atoms with Gasteiger partial charge in [-0.15, -0.1) is 0 Å². The lowest BCUT2D eigenvalue weighted by molar-refractivity contribution is -0.128. The van der Waals surface area contributed by atoms with E-state index in [1.807, 2.05) is 62.3 Å². The Morgan fingerprint density at radius 1 is 1.20 bits per heavy atom. The summed E-state index contributed by atoms with van der Waals surface area (Å²) in [6.45, 7) is 10.9. The van der Waals surface area contributed by atoms with Gasteiger partial charge in [0, 0.05) is 81.4 Å². The molecule has 4 rings (SSSR count). The van der Waals surface area contributed by atoms with Crippen molar-refractivity contribution >= 4 is 58.8 Å². The topological polar surface area (TPSA) is 143 Å². The zero-order chi connectivity index (χ0) is 33.1. The maximum absolute atomic E-state index is 12.1. The number of aromatic amines is 1. The van der Waals surface area contributed by atoms with Crippen molar-refractivity contribution in [2.45, 2.75) is 33.7 Å².